The third-order valence-electron chi connectivity index (χ3n) is 2.15. The molecule has 0 N–H and O–H groups in total. The van der Waals surface area contributed by atoms with Crippen LogP contribution in [0.3, 0.4) is 0 Å². The molecule has 0 saturated carbocycles. The van der Waals surface area contributed by atoms with Crippen molar-refractivity contribution in [3.63, 3.8) is 0 Å². The maximum atomic E-state index is 3.10. The zero-order chi connectivity index (χ0) is 8.39. The molecule has 0 heterocycles. The van der Waals surface area contributed by atoms with Crippen LogP contribution in [0.25, 0.3) is 0 Å². The van der Waals surface area contributed by atoms with E-state index in [0.29, 0.717) is 0 Å². The molecule has 0 aliphatic heterocycles. The zero-order valence-electron chi connectivity index (χ0n) is 7.09. The van der Waals surface area contributed by atoms with Gasteiger partial charge in [-0.2, -0.15) is 0 Å². The van der Waals surface area contributed by atoms with Crippen molar-refractivity contribution < 1.29 is 0 Å². The Balaban J connectivity index is 2.59. The molecule has 2 aliphatic carbocycles. The monoisotopic (exact) mass is 154 g/mol. The second-order valence-electron chi connectivity index (χ2n) is 2.85. The molecule has 0 radical (unpaired) electrons. The van der Waals surface area contributed by atoms with E-state index in [1.807, 2.05) is 6.08 Å². The van der Waals surface area contributed by atoms with Gasteiger partial charge in [0.15, 0.2) is 0 Å². The quantitative estimate of drug-likeness (QED) is 0.470. The number of hydrogen-bond acceptors (Lipinski definition) is 0. The largest absolute Gasteiger partial charge is 0.0835 e. The minimum atomic E-state index is 1.04. The molecule has 0 bridgehead atoms. The average molecular weight is 154 g/mol. The fraction of sp³-hybridized carbons (Fsp3) is 0.167. The van der Waals surface area contributed by atoms with Gasteiger partial charge in [0, 0.05) is 5.57 Å². The molecule has 0 unspecified atom stereocenters. The van der Waals surface area contributed by atoms with Crippen LogP contribution in [0.15, 0.2) is 58.6 Å². The number of rotatable bonds is 0. The van der Waals surface area contributed by atoms with E-state index >= 15 is 0 Å². The molecule has 58 valence electrons. The lowest BCUT2D eigenvalue weighted by Crippen LogP contribution is -1.97. The molecule has 0 saturated heterocycles. The second-order valence-corrected chi connectivity index (χ2v) is 2.85. The van der Waals surface area contributed by atoms with Crippen molar-refractivity contribution in [1.82, 2.24) is 0 Å². The summed E-state index contributed by atoms with van der Waals surface area (Å²) in [5.74, 6) is 0. The van der Waals surface area contributed by atoms with Crippen molar-refractivity contribution in [2.45, 2.75) is 13.3 Å². The summed E-state index contributed by atoms with van der Waals surface area (Å²) < 4.78 is 0. The Morgan fingerprint density at radius 3 is 3.25 bits per heavy atom. The topological polar surface area (TPSA) is 0 Å². The van der Waals surface area contributed by atoms with Gasteiger partial charge < -0.3 is 0 Å². The standard InChI is InChI=1S/C12H10/c1-2-10-7-5-8-11-6-3-4-9-12(10)11/h2,4-5,8-9H,7H2,1H3/b10-2+. The van der Waals surface area contributed by atoms with Gasteiger partial charge in [-0.05, 0) is 42.7 Å². The Morgan fingerprint density at radius 1 is 1.50 bits per heavy atom. The van der Waals surface area contributed by atoms with Crippen LogP contribution in [0, 0.1) is 0 Å². The van der Waals surface area contributed by atoms with Crippen LogP contribution in [-0.2, 0) is 0 Å². The van der Waals surface area contributed by atoms with Crippen molar-refractivity contribution in [3.8, 4) is 0 Å². The summed E-state index contributed by atoms with van der Waals surface area (Å²) in [5.41, 5.74) is 9.92. The first-order valence-electron chi connectivity index (χ1n) is 4.16. The Morgan fingerprint density at radius 2 is 2.42 bits per heavy atom. The Labute approximate surface area is 72.6 Å². The van der Waals surface area contributed by atoms with Gasteiger partial charge in [0.05, 0.1) is 0 Å². The van der Waals surface area contributed by atoms with Crippen molar-refractivity contribution >= 4 is 0 Å². The number of hydrogen-bond donors (Lipinski definition) is 0. The summed E-state index contributed by atoms with van der Waals surface area (Å²) in [6.45, 7) is 2.08. The van der Waals surface area contributed by atoms with Crippen molar-refractivity contribution in [2.75, 3.05) is 0 Å². The SMILES string of the molecule is C/C=C1\CC=CC2=C=C=CC=C21. The fourth-order valence-electron chi connectivity index (χ4n) is 1.50. The molecule has 0 atom stereocenters. The van der Waals surface area contributed by atoms with E-state index in [1.165, 1.54) is 11.1 Å². The molecule has 2 rings (SSSR count). The van der Waals surface area contributed by atoms with Crippen LogP contribution in [0.5, 0.6) is 0 Å². The molecular weight excluding hydrogens is 144 g/mol. The average Bonchev–Trinajstić information content (AvgIpc) is 2.17. The van der Waals surface area contributed by atoms with E-state index in [1.54, 1.807) is 0 Å². The maximum Gasteiger partial charge on any atom is 0.0321 e. The summed E-state index contributed by atoms with van der Waals surface area (Å²) >= 11 is 0. The summed E-state index contributed by atoms with van der Waals surface area (Å²) in [6, 6.07) is 0. The van der Waals surface area contributed by atoms with Gasteiger partial charge in [0.1, 0.15) is 0 Å². The summed E-state index contributed by atoms with van der Waals surface area (Å²) in [5, 5.41) is 0. The van der Waals surface area contributed by atoms with E-state index in [2.05, 4.69) is 42.7 Å². The van der Waals surface area contributed by atoms with E-state index in [0.717, 1.165) is 12.0 Å². The normalized spacial score (nSPS) is 22.2. The van der Waals surface area contributed by atoms with Gasteiger partial charge in [-0.15, -0.1) is 0 Å². The van der Waals surface area contributed by atoms with Crippen LogP contribution in [-0.4, -0.2) is 0 Å². The van der Waals surface area contributed by atoms with Crippen LogP contribution in [0.1, 0.15) is 13.3 Å². The minimum absolute atomic E-state index is 1.04. The summed E-state index contributed by atoms with van der Waals surface area (Å²) in [4.78, 5) is 0. The summed E-state index contributed by atoms with van der Waals surface area (Å²) in [6.07, 6.45) is 11.5. The Bertz CT molecular complexity index is 388. The van der Waals surface area contributed by atoms with Crippen molar-refractivity contribution in [1.29, 1.82) is 0 Å². The highest BCUT2D eigenvalue weighted by molar-refractivity contribution is 5.57. The highest BCUT2D eigenvalue weighted by Crippen LogP contribution is 2.28. The molecule has 0 aromatic heterocycles. The Kier molecular flexibility index (Phi) is 1.72. The van der Waals surface area contributed by atoms with Crippen molar-refractivity contribution in [2.24, 2.45) is 0 Å². The highest BCUT2D eigenvalue weighted by atomic mass is 14.1. The lowest BCUT2D eigenvalue weighted by Gasteiger charge is -2.14. The molecule has 0 fully saturated rings. The Hall–Kier alpha value is -1.48. The van der Waals surface area contributed by atoms with E-state index in [4.69, 9.17) is 0 Å². The fourth-order valence-corrected chi connectivity index (χ4v) is 1.50. The molecule has 0 aromatic rings. The molecule has 2 aliphatic rings. The van der Waals surface area contributed by atoms with Crippen LogP contribution in [0.4, 0.5) is 0 Å². The van der Waals surface area contributed by atoms with Crippen molar-refractivity contribution in [3.05, 3.63) is 58.6 Å². The minimum Gasteiger partial charge on any atom is -0.0835 e. The molecule has 0 spiro atoms. The first-order valence-corrected chi connectivity index (χ1v) is 4.16. The van der Waals surface area contributed by atoms with Gasteiger partial charge >= 0.3 is 0 Å². The molecular formula is C12H10. The van der Waals surface area contributed by atoms with E-state index in [9.17, 15) is 0 Å². The first-order chi connectivity index (χ1) is 5.92. The van der Waals surface area contributed by atoms with Gasteiger partial charge in [-0.3, -0.25) is 0 Å². The second kappa shape index (κ2) is 2.87. The lowest BCUT2D eigenvalue weighted by atomic mass is 9.89. The van der Waals surface area contributed by atoms with Gasteiger partial charge in [0.2, 0.25) is 0 Å². The molecule has 12 heavy (non-hydrogen) atoms. The summed E-state index contributed by atoms with van der Waals surface area (Å²) in [7, 11) is 0. The number of fused-ring (bicyclic) bond motifs is 1. The molecule has 0 aromatic carbocycles. The van der Waals surface area contributed by atoms with Crippen LogP contribution < -0.4 is 0 Å². The predicted octanol–water partition coefficient (Wildman–Crippen LogP) is 3.07. The third-order valence-corrected chi connectivity index (χ3v) is 2.15. The number of allylic oxidation sites excluding steroid dienone is 8. The van der Waals surface area contributed by atoms with E-state index < -0.39 is 0 Å². The van der Waals surface area contributed by atoms with E-state index in [-0.39, 0.29) is 0 Å². The van der Waals surface area contributed by atoms with Gasteiger partial charge in [0.25, 0.3) is 0 Å². The zero-order valence-corrected chi connectivity index (χ0v) is 7.09. The molecule has 0 heteroatoms. The smallest absolute Gasteiger partial charge is 0.0321 e. The predicted molar refractivity (Wildman–Crippen MR) is 50.7 cm³/mol. The van der Waals surface area contributed by atoms with Gasteiger partial charge in [-0.25, -0.2) is 0 Å². The molecule has 0 nitrogen and oxygen atoms in total. The third kappa shape index (κ3) is 1.04. The first kappa shape index (κ1) is 7.18. The van der Waals surface area contributed by atoms with Gasteiger partial charge in [-0.1, -0.05) is 23.6 Å². The maximum absolute atomic E-state index is 3.10. The molecule has 0 amide bonds. The lowest BCUT2D eigenvalue weighted by molar-refractivity contribution is 1.17. The van der Waals surface area contributed by atoms with Crippen LogP contribution in [0.2, 0.25) is 0 Å². The highest BCUT2D eigenvalue weighted by Gasteiger charge is 2.11. The van der Waals surface area contributed by atoms with Crippen LogP contribution >= 0.6 is 0 Å².